The maximum atomic E-state index is 12.8. The lowest BCUT2D eigenvalue weighted by Crippen LogP contribution is -2.12. The highest BCUT2D eigenvalue weighted by Gasteiger charge is 2.13. The van der Waals surface area contributed by atoms with Crippen molar-refractivity contribution < 1.29 is 19.1 Å². The number of benzene rings is 3. The van der Waals surface area contributed by atoms with Gasteiger partial charge in [-0.2, -0.15) is 5.10 Å². The van der Waals surface area contributed by atoms with Crippen LogP contribution in [-0.4, -0.2) is 28.8 Å². The third-order valence-corrected chi connectivity index (χ3v) is 5.57. The molecule has 35 heavy (non-hydrogen) atoms. The molecule has 4 rings (SSSR count). The summed E-state index contributed by atoms with van der Waals surface area (Å²) in [7, 11) is 1.35. The second-order valence-corrected chi connectivity index (χ2v) is 8.29. The Bertz CT molecular complexity index is 1360. The Hall–Kier alpha value is -4.39. The van der Waals surface area contributed by atoms with Crippen molar-refractivity contribution in [3.63, 3.8) is 0 Å². The average Bonchev–Trinajstić information content (AvgIpc) is 3.31. The number of nitrogens with one attached hydrogen (secondary N) is 1. The molecule has 0 aliphatic rings. The summed E-state index contributed by atoms with van der Waals surface area (Å²) in [6, 6.07) is 20.6. The summed E-state index contributed by atoms with van der Waals surface area (Å²) in [5, 5.41) is 7.19. The lowest BCUT2D eigenvalue weighted by atomic mass is 10.1. The SMILES string of the molecule is COC(=O)c1ccccc1Cn1cc(NC(=O)c2cccc(COc3cc(C)ccc3C)c2)cn1. The predicted octanol–water partition coefficient (Wildman–Crippen LogP) is 5.17. The maximum absolute atomic E-state index is 12.8. The van der Waals surface area contributed by atoms with Crippen LogP contribution in [0.4, 0.5) is 5.69 Å². The number of hydrogen-bond donors (Lipinski definition) is 1. The number of aryl methyl sites for hydroxylation is 2. The van der Waals surface area contributed by atoms with Gasteiger partial charge in [0.2, 0.25) is 0 Å². The number of hydrogen-bond acceptors (Lipinski definition) is 5. The quantitative estimate of drug-likeness (QED) is 0.360. The molecule has 0 aliphatic heterocycles. The highest BCUT2D eigenvalue weighted by Crippen LogP contribution is 2.21. The summed E-state index contributed by atoms with van der Waals surface area (Å²) in [6.07, 6.45) is 3.30. The highest BCUT2D eigenvalue weighted by molar-refractivity contribution is 6.04. The Morgan fingerprint density at radius 1 is 1.00 bits per heavy atom. The van der Waals surface area contributed by atoms with Crippen molar-refractivity contribution in [3.8, 4) is 5.75 Å². The Morgan fingerprint density at radius 3 is 2.66 bits per heavy atom. The van der Waals surface area contributed by atoms with Gasteiger partial charge in [-0.05, 0) is 60.4 Å². The van der Waals surface area contributed by atoms with Crippen LogP contribution in [0.2, 0.25) is 0 Å². The molecule has 1 aromatic heterocycles. The van der Waals surface area contributed by atoms with Crippen molar-refractivity contribution in [1.82, 2.24) is 9.78 Å². The zero-order chi connectivity index (χ0) is 24.8. The summed E-state index contributed by atoms with van der Waals surface area (Å²) in [4.78, 5) is 24.8. The fourth-order valence-corrected chi connectivity index (χ4v) is 3.69. The molecule has 0 fully saturated rings. The summed E-state index contributed by atoms with van der Waals surface area (Å²) in [6.45, 7) is 4.76. The molecule has 0 saturated carbocycles. The van der Waals surface area contributed by atoms with Gasteiger partial charge in [-0.3, -0.25) is 9.48 Å². The van der Waals surface area contributed by atoms with Crippen LogP contribution >= 0.6 is 0 Å². The molecule has 1 N–H and O–H groups in total. The molecule has 0 atom stereocenters. The lowest BCUT2D eigenvalue weighted by Gasteiger charge is -2.11. The first-order chi connectivity index (χ1) is 16.9. The van der Waals surface area contributed by atoms with Crippen LogP contribution in [0.15, 0.2) is 79.1 Å². The van der Waals surface area contributed by atoms with Crippen LogP contribution < -0.4 is 10.1 Å². The highest BCUT2D eigenvalue weighted by atomic mass is 16.5. The summed E-state index contributed by atoms with van der Waals surface area (Å²) < 4.78 is 12.5. The number of nitrogens with zero attached hydrogens (tertiary/aromatic N) is 2. The molecular weight excluding hydrogens is 442 g/mol. The molecule has 1 amide bonds. The molecular formula is C28H27N3O4. The molecule has 4 aromatic rings. The van der Waals surface area contributed by atoms with Gasteiger partial charge in [0.1, 0.15) is 12.4 Å². The number of carbonyl (C=O) groups excluding carboxylic acids is 2. The van der Waals surface area contributed by atoms with Crippen molar-refractivity contribution >= 4 is 17.6 Å². The number of amides is 1. The van der Waals surface area contributed by atoms with E-state index in [1.807, 2.05) is 62.4 Å². The van der Waals surface area contributed by atoms with Gasteiger partial charge in [0.15, 0.2) is 0 Å². The van der Waals surface area contributed by atoms with E-state index in [4.69, 9.17) is 9.47 Å². The summed E-state index contributed by atoms with van der Waals surface area (Å²) in [5.41, 5.74) is 5.43. The number of methoxy groups -OCH3 is 1. The number of carbonyl (C=O) groups is 2. The maximum Gasteiger partial charge on any atom is 0.338 e. The van der Waals surface area contributed by atoms with E-state index in [0.29, 0.717) is 30.0 Å². The molecule has 3 aromatic carbocycles. The van der Waals surface area contributed by atoms with Gasteiger partial charge in [0.25, 0.3) is 5.91 Å². The second-order valence-electron chi connectivity index (χ2n) is 8.29. The molecule has 7 heteroatoms. The average molecular weight is 470 g/mol. The Labute approximate surface area is 204 Å². The minimum absolute atomic E-state index is 0.243. The minimum Gasteiger partial charge on any atom is -0.489 e. The zero-order valence-corrected chi connectivity index (χ0v) is 19.9. The first-order valence-corrected chi connectivity index (χ1v) is 11.2. The van der Waals surface area contributed by atoms with Crippen molar-refractivity contribution in [2.75, 3.05) is 12.4 Å². The largest absolute Gasteiger partial charge is 0.489 e. The molecule has 0 unspecified atom stereocenters. The molecule has 0 saturated heterocycles. The van der Waals surface area contributed by atoms with Crippen molar-refractivity contribution in [2.24, 2.45) is 0 Å². The molecule has 178 valence electrons. The molecule has 0 bridgehead atoms. The number of aromatic nitrogens is 2. The van der Waals surface area contributed by atoms with Crippen LogP contribution in [0.5, 0.6) is 5.75 Å². The van der Waals surface area contributed by atoms with E-state index in [1.165, 1.54) is 7.11 Å². The van der Waals surface area contributed by atoms with Gasteiger partial charge in [0, 0.05) is 11.8 Å². The van der Waals surface area contributed by atoms with Gasteiger partial charge in [0.05, 0.1) is 31.1 Å². The topological polar surface area (TPSA) is 82.5 Å². The zero-order valence-electron chi connectivity index (χ0n) is 19.9. The molecule has 0 spiro atoms. The number of ether oxygens (including phenoxy) is 2. The van der Waals surface area contributed by atoms with E-state index in [0.717, 1.165) is 28.0 Å². The van der Waals surface area contributed by atoms with E-state index < -0.39 is 5.97 Å². The second kappa shape index (κ2) is 10.7. The van der Waals surface area contributed by atoms with Gasteiger partial charge in [-0.1, -0.05) is 42.5 Å². The van der Waals surface area contributed by atoms with Crippen molar-refractivity contribution in [3.05, 3.63) is 113 Å². The Kier molecular flexibility index (Phi) is 7.26. The number of anilines is 1. The van der Waals surface area contributed by atoms with Crippen LogP contribution in [0, 0.1) is 13.8 Å². The smallest absolute Gasteiger partial charge is 0.338 e. The van der Waals surface area contributed by atoms with E-state index in [9.17, 15) is 9.59 Å². The van der Waals surface area contributed by atoms with Crippen molar-refractivity contribution in [2.45, 2.75) is 27.0 Å². The molecule has 0 aliphatic carbocycles. The molecule has 7 nitrogen and oxygen atoms in total. The third kappa shape index (κ3) is 5.95. The fourth-order valence-electron chi connectivity index (χ4n) is 3.69. The normalized spacial score (nSPS) is 10.6. The lowest BCUT2D eigenvalue weighted by molar-refractivity contribution is 0.0599. The van der Waals surface area contributed by atoms with E-state index in [1.54, 1.807) is 35.3 Å². The Morgan fingerprint density at radius 2 is 1.83 bits per heavy atom. The van der Waals surface area contributed by atoms with Crippen LogP contribution in [0.25, 0.3) is 0 Å². The summed E-state index contributed by atoms with van der Waals surface area (Å²) >= 11 is 0. The molecule has 1 heterocycles. The van der Waals surface area contributed by atoms with Gasteiger partial charge in [-0.25, -0.2) is 4.79 Å². The number of rotatable bonds is 8. The standard InChI is InChI=1S/C28H27N3O4/c1-19-11-12-20(2)26(13-19)35-18-21-7-6-9-22(14-21)27(32)30-24-15-29-31(17-24)16-23-8-4-5-10-25(23)28(33)34-3/h4-15,17H,16,18H2,1-3H3,(H,30,32). The Balaban J connectivity index is 1.40. The van der Waals surface area contributed by atoms with E-state index >= 15 is 0 Å². The van der Waals surface area contributed by atoms with Gasteiger partial charge < -0.3 is 14.8 Å². The minimum atomic E-state index is -0.400. The monoisotopic (exact) mass is 469 g/mol. The van der Waals surface area contributed by atoms with Gasteiger partial charge in [-0.15, -0.1) is 0 Å². The first kappa shape index (κ1) is 23.8. The first-order valence-electron chi connectivity index (χ1n) is 11.2. The predicted molar refractivity (Wildman–Crippen MR) is 134 cm³/mol. The van der Waals surface area contributed by atoms with E-state index in [2.05, 4.69) is 10.4 Å². The van der Waals surface area contributed by atoms with E-state index in [-0.39, 0.29) is 5.91 Å². The fraction of sp³-hybridized carbons (Fsp3) is 0.179. The van der Waals surface area contributed by atoms with Gasteiger partial charge >= 0.3 is 5.97 Å². The van der Waals surface area contributed by atoms with Crippen LogP contribution in [0.1, 0.15) is 43.0 Å². The summed E-state index contributed by atoms with van der Waals surface area (Å²) in [5.74, 6) is 0.192. The third-order valence-electron chi connectivity index (χ3n) is 5.57. The van der Waals surface area contributed by atoms with Crippen LogP contribution in [0.3, 0.4) is 0 Å². The molecule has 0 radical (unpaired) electrons. The number of esters is 1. The van der Waals surface area contributed by atoms with Crippen molar-refractivity contribution in [1.29, 1.82) is 0 Å². The van der Waals surface area contributed by atoms with Crippen LogP contribution in [-0.2, 0) is 17.9 Å².